The van der Waals surface area contributed by atoms with Gasteiger partial charge in [-0.05, 0) is 70.6 Å². The van der Waals surface area contributed by atoms with E-state index in [9.17, 15) is 30.3 Å². The van der Waals surface area contributed by atoms with Crippen molar-refractivity contribution in [3.63, 3.8) is 0 Å². The lowest BCUT2D eigenvalue weighted by molar-refractivity contribution is -0.302. The maximum absolute atomic E-state index is 13.0. The summed E-state index contributed by atoms with van der Waals surface area (Å²) in [6.07, 6.45) is 44.4. The minimum absolute atomic E-state index is 0.200. The quantitative estimate of drug-likeness (QED) is 0.0264. The Labute approximate surface area is 361 Å². The third kappa shape index (κ3) is 30.8. The van der Waals surface area contributed by atoms with E-state index >= 15 is 0 Å². The number of amides is 1. The van der Waals surface area contributed by atoms with Crippen LogP contribution in [0.15, 0.2) is 48.6 Å². The second kappa shape index (κ2) is 40.2. The van der Waals surface area contributed by atoms with E-state index in [0.717, 1.165) is 64.2 Å². The first-order valence-electron chi connectivity index (χ1n) is 24.4. The summed E-state index contributed by atoms with van der Waals surface area (Å²) < 4.78 is 11.2. The molecule has 0 aromatic heterocycles. The molecule has 0 aliphatic carbocycles. The summed E-state index contributed by atoms with van der Waals surface area (Å²) in [4.78, 5) is 13.0. The third-order valence-electron chi connectivity index (χ3n) is 11.4. The fraction of sp³-hybridized carbons (Fsp3) is 0.820. The summed E-state index contributed by atoms with van der Waals surface area (Å²) in [5, 5.41) is 54.2. The number of hydrogen-bond acceptors (Lipinski definition) is 8. The number of carbonyl (C=O) groups excluding carboxylic acids is 1. The number of allylic oxidation sites excluding steroid dienone is 7. The Morgan fingerprint density at radius 3 is 1.42 bits per heavy atom. The number of aliphatic hydroxyl groups is 5. The fourth-order valence-corrected chi connectivity index (χ4v) is 7.42. The highest BCUT2D eigenvalue weighted by Crippen LogP contribution is 2.22. The summed E-state index contributed by atoms with van der Waals surface area (Å²) in [7, 11) is 0. The van der Waals surface area contributed by atoms with Gasteiger partial charge in [0.05, 0.1) is 25.4 Å². The Morgan fingerprint density at radius 1 is 0.559 bits per heavy atom. The zero-order valence-corrected chi connectivity index (χ0v) is 37.7. The van der Waals surface area contributed by atoms with Gasteiger partial charge in [0.1, 0.15) is 24.4 Å². The van der Waals surface area contributed by atoms with Crippen LogP contribution in [0.1, 0.15) is 206 Å². The first-order valence-corrected chi connectivity index (χ1v) is 24.4. The summed E-state index contributed by atoms with van der Waals surface area (Å²) in [5.74, 6) is -0.200. The number of unbranched alkanes of at least 4 members (excludes halogenated alkanes) is 24. The molecule has 1 fully saturated rings. The van der Waals surface area contributed by atoms with Gasteiger partial charge in [-0.15, -0.1) is 0 Å². The van der Waals surface area contributed by atoms with Crippen molar-refractivity contribution in [3.8, 4) is 0 Å². The minimum atomic E-state index is -1.58. The molecule has 0 bridgehead atoms. The van der Waals surface area contributed by atoms with Crippen molar-refractivity contribution in [3.05, 3.63) is 48.6 Å². The predicted molar refractivity (Wildman–Crippen MR) is 244 cm³/mol. The highest BCUT2D eigenvalue weighted by atomic mass is 16.7. The molecule has 1 saturated heterocycles. The molecule has 1 amide bonds. The molecule has 1 rings (SSSR count). The van der Waals surface area contributed by atoms with E-state index in [-0.39, 0.29) is 12.5 Å². The molecule has 6 N–H and O–H groups in total. The van der Waals surface area contributed by atoms with E-state index in [0.29, 0.717) is 6.42 Å². The molecule has 344 valence electrons. The first kappa shape index (κ1) is 55.2. The summed E-state index contributed by atoms with van der Waals surface area (Å²) in [6, 6.07) is -0.832. The Balaban J connectivity index is 2.38. The molecule has 0 radical (unpaired) electrons. The third-order valence-corrected chi connectivity index (χ3v) is 11.4. The van der Waals surface area contributed by atoms with Crippen LogP contribution in [0.4, 0.5) is 0 Å². The largest absolute Gasteiger partial charge is 0.394 e. The Morgan fingerprint density at radius 2 is 0.966 bits per heavy atom. The van der Waals surface area contributed by atoms with Crippen molar-refractivity contribution in [2.75, 3.05) is 13.2 Å². The van der Waals surface area contributed by atoms with Crippen LogP contribution in [0, 0.1) is 0 Å². The van der Waals surface area contributed by atoms with Gasteiger partial charge in [-0.3, -0.25) is 4.79 Å². The molecule has 1 aliphatic rings. The van der Waals surface area contributed by atoms with Gasteiger partial charge in [0.15, 0.2) is 6.29 Å². The van der Waals surface area contributed by atoms with Gasteiger partial charge in [-0.2, -0.15) is 0 Å². The van der Waals surface area contributed by atoms with Crippen molar-refractivity contribution in [2.45, 2.75) is 249 Å². The van der Waals surface area contributed by atoms with Gasteiger partial charge >= 0.3 is 0 Å². The zero-order chi connectivity index (χ0) is 43.0. The lowest BCUT2D eigenvalue weighted by Crippen LogP contribution is -2.60. The molecule has 9 nitrogen and oxygen atoms in total. The molecular weight excluding hydrogens is 743 g/mol. The predicted octanol–water partition coefficient (Wildman–Crippen LogP) is 10.6. The Bertz CT molecular complexity index is 1060. The molecule has 0 aromatic carbocycles. The van der Waals surface area contributed by atoms with Crippen molar-refractivity contribution in [1.29, 1.82) is 0 Å². The van der Waals surface area contributed by atoms with Crippen LogP contribution in [-0.2, 0) is 14.3 Å². The van der Waals surface area contributed by atoms with Crippen molar-refractivity contribution in [1.82, 2.24) is 5.32 Å². The lowest BCUT2D eigenvalue weighted by atomic mass is 9.99. The summed E-state index contributed by atoms with van der Waals surface area (Å²) >= 11 is 0. The number of hydrogen-bond donors (Lipinski definition) is 6. The number of rotatable bonds is 40. The second-order valence-electron chi connectivity index (χ2n) is 16.9. The summed E-state index contributed by atoms with van der Waals surface area (Å²) in [6.45, 7) is 3.74. The summed E-state index contributed by atoms with van der Waals surface area (Å²) in [5.41, 5.74) is 0. The van der Waals surface area contributed by atoms with Crippen LogP contribution in [0.3, 0.4) is 0 Å². The standard InChI is InChI=1S/C50H91NO8/c1-3-5-7-9-11-13-15-17-19-21-22-23-24-25-27-29-31-33-35-37-39-44(53)43(42-58-50-49(57)48(56)47(55)45(41-52)59-50)51-46(54)40-38-36-34-32-30-28-26-20-18-16-14-12-10-8-6-4-2/h20,23-24,26,29,31,37,39,43-45,47-50,52-53,55-57H,3-19,21-22,25,27-28,30,32-36,38,40-42H2,1-2H3,(H,51,54)/b24-23+,26-20-,31-29+,39-37+. The Kier molecular flexibility index (Phi) is 37.6. The highest BCUT2D eigenvalue weighted by Gasteiger charge is 2.44. The van der Waals surface area contributed by atoms with Gasteiger partial charge < -0.3 is 40.3 Å². The molecule has 9 heteroatoms. The molecule has 7 atom stereocenters. The maximum atomic E-state index is 13.0. The van der Waals surface area contributed by atoms with Crippen LogP contribution in [-0.4, -0.2) is 87.5 Å². The van der Waals surface area contributed by atoms with Crippen molar-refractivity contribution >= 4 is 5.91 Å². The first-order chi connectivity index (χ1) is 28.8. The minimum Gasteiger partial charge on any atom is -0.394 e. The topological polar surface area (TPSA) is 149 Å². The molecular formula is C50H91NO8. The normalized spacial score (nSPS) is 21.1. The van der Waals surface area contributed by atoms with Gasteiger partial charge in [0.2, 0.25) is 5.91 Å². The molecule has 0 saturated carbocycles. The van der Waals surface area contributed by atoms with E-state index in [1.54, 1.807) is 6.08 Å². The van der Waals surface area contributed by atoms with Crippen LogP contribution in [0.2, 0.25) is 0 Å². The van der Waals surface area contributed by atoms with Gasteiger partial charge in [0.25, 0.3) is 0 Å². The van der Waals surface area contributed by atoms with E-state index < -0.39 is 49.5 Å². The average molecular weight is 834 g/mol. The van der Waals surface area contributed by atoms with Crippen molar-refractivity contribution in [2.24, 2.45) is 0 Å². The van der Waals surface area contributed by atoms with Gasteiger partial charge in [-0.1, -0.05) is 178 Å². The highest BCUT2D eigenvalue weighted by molar-refractivity contribution is 5.76. The van der Waals surface area contributed by atoms with Gasteiger partial charge in [0, 0.05) is 6.42 Å². The van der Waals surface area contributed by atoms with E-state index in [2.05, 4.69) is 55.6 Å². The number of ether oxygens (including phenoxy) is 2. The SMILES string of the molecule is CCCCCCCCC/C=C\CCCCCCCC(=O)NC(COC1OC(CO)C(O)C(O)C1O)C(O)/C=C/CC/C=C/CC/C=C/CCCCCCCCCCCC. The number of carbonyl (C=O) groups is 1. The molecule has 59 heavy (non-hydrogen) atoms. The van der Waals surface area contributed by atoms with E-state index in [4.69, 9.17) is 9.47 Å². The molecule has 1 heterocycles. The molecule has 0 spiro atoms. The van der Waals surface area contributed by atoms with Crippen LogP contribution in [0.25, 0.3) is 0 Å². The average Bonchev–Trinajstić information content (AvgIpc) is 3.23. The molecule has 0 aromatic rings. The number of nitrogens with one attached hydrogen (secondary N) is 1. The monoisotopic (exact) mass is 834 g/mol. The smallest absolute Gasteiger partial charge is 0.220 e. The maximum Gasteiger partial charge on any atom is 0.220 e. The molecule has 7 unspecified atom stereocenters. The van der Waals surface area contributed by atoms with Crippen LogP contribution >= 0.6 is 0 Å². The van der Waals surface area contributed by atoms with E-state index in [1.165, 1.54) is 122 Å². The van der Waals surface area contributed by atoms with Gasteiger partial charge in [-0.25, -0.2) is 0 Å². The zero-order valence-electron chi connectivity index (χ0n) is 37.7. The van der Waals surface area contributed by atoms with Crippen LogP contribution < -0.4 is 5.32 Å². The lowest BCUT2D eigenvalue weighted by Gasteiger charge is -2.40. The van der Waals surface area contributed by atoms with E-state index in [1.807, 2.05) is 6.08 Å². The number of aliphatic hydroxyl groups excluding tert-OH is 5. The fourth-order valence-electron chi connectivity index (χ4n) is 7.42. The Hall–Kier alpha value is -1.85. The van der Waals surface area contributed by atoms with Crippen LogP contribution in [0.5, 0.6) is 0 Å². The second-order valence-corrected chi connectivity index (χ2v) is 16.9. The van der Waals surface area contributed by atoms with Crippen molar-refractivity contribution < 1.29 is 39.8 Å². The molecule has 1 aliphatic heterocycles.